The number of aryl methyl sites for hydroxylation is 1. The third-order valence-corrected chi connectivity index (χ3v) is 9.81. The number of hydrogen-bond acceptors (Lipinski definition) is 7. The molecule has 0 spiro atoms. The molecule has 268 valence electrons. The molecule has 2 heterocycles. The quantitative estimate of drug-likeness (QED) is 0.0895. The summed E-state index contributed by atoms with van der Waals surface area (Å²) in [7, 11) is 0. The molecule has 0 aromatic heterocycles. The van der Waals surface area contributed by atoms with Crippen LogP contribution in [-0.4, -0.2) is 35.3 Å². The standard InChI is InChI=1S/C45H32N4O6/c1-26-2-4-29(5-3-26)23-40(50)30-10-20-36-38(24-30)44(54)48(42(36)52)34-16-6-27(7-17-34)22-28-8-18-35(19-9-28)49-43(53)37-21-11-31(25-39(37)45(49)55)41(51)47-33-14-12-32(46)13-15-33/h2-21,24-25H,22-23,46H2,1H3,(H,47,51). The third-order valence-electron chi connectivity index (χ3n) is 9.81. The van der Waals surface area contributed by atoms with Crippen molar-refractivity contribution in [2.75, 3.05) is 20.9 Å². The van der Waals surface area contributed by atoms with Crippen LogP contribution in [0.5, 0.6) is 0 Å². The van der Waals surface area contributed by atoms with Gasteiger partial charge in [-0.3, -0.25) is 28.8 Å². The average Bonchev–Trinajstić information content (AvgIpc) is 3.60. The lowest BCUT2D eigenvalue weighted by Gasteiger charge is -2.15. The highest BCUT2D eigenvalue weighted by atomic mass is 16.2. The van der Waals surface area contributed by atoms with Crippen LogP contribution in [0.2, 0.25) is 0 Å². The van der Waals surface area contributed by atoms with Gasteiger partial charge in [0.1, 0.15) is 0 Å². The molecule has 5 amide bonds. The fraction of sp³-hybridized carbons (Fsp3) is 0.0667. The number of Topliss-reactive ketones (excluding diaryl/α,β-unsaturated/α-hetero) is 1. The van der Waals surface area contributed by atoms with Crippen molar-refractivity contribution in [2.45, 2.75) is 19.8 Å². The Balaban J connectivity index is 0.918. The predicted octanol–water partition coefficient (Wildman–Crippen LogP) is 7.45. The lowest BCUT2D eigenvalue weighted by atomic mass is 9.99. The monoisotopic (exact) mass is 724 g/mol. The molecule has 0 radical (unpaired) electrons. The minimum atomic E-state index is -0.524. The first-order valence-corrected chi connectivity index (χ1v) is 17.5. The summed E-state index contributed by atoms with van der Waals surface area (Å²) in [6, 6.07) is 37.5. The van der Waals surface area contributed by atoms with E-state index in [0.717, 1.165) is 32.1 Å². The predicted molar refractivity (Wildman–Crippen MR) is 209 cm³/mol. The van der Waals surface area contributed by atoms with E-state index in [4.69, 9.17) is 5.73 Å². The van der Waals surface area contributed by atoms with Crippen LogP contribution in [0, 0.1) is 6.92 Å². The van der Waals surface area contributed by atoms with E-state index in [0.29, 0.717) is 34.7 Å². The van der Waals surface area contributed by atoms with Gasteiger partial charge in [-0.05, 0) is 109 Å². The molecule has 6 aromatic rings. The lowest BCUT2D eigenvalue weighted by molar-refractivity contribution is 0.0910. The maximum absolute atomic E-state index is 13.5. The molecule has 10 heteroatoms. The molecular weight excluding hydrogens is 693 g/mol. The lowest BCUT2D eigenvalue weighted by Crippen LogP contribution is -2.29. The number of imide groups is 2. The summed E-state index contributed by atoms with van der Waals surface area (Å²) >= 11 is 0. The number of ketones is 1. The maximum Gasteiger partial charge on any atom is 0.266 e. The molecule has 0 fully saturated rings. The van der Waals surface area contributed by atoms with Crippen molar-refractivity contribution in [1.82, 2.24) is 0 Å². The van der Waals surface area contributed by atoms with Crippen LogP contribution in [0.4, 0.5) is 22.7 Å². The summed E-state index contributed by atoms with van der Waals surface area (Å²) < 4.78 is 0. The molecule has 0 saturated heterocycles. The average molecular weight is 725 g/mol. The zero-order valence-corrected chi connectivity index (χ0v) is 29.5. The number of nitrogen functional groups attached to an aromatic ring is 1. The van der Waals surface area contributed by atoms with Crippen molar-refractivity contribution >= 4 is 58.1 Å². The van der Waals surface area contributed by atoms with Gasteiger partial charge in [-0.15, -0.1) is 0 Å². The zero-order valence-electron chi connectivity index (χ0n) is 29.5. The van der Waals surface area contributed by atoms with Gasteiger partial charge in [-0.25, -0.2) is 9.80 Å². The summed E-state index contributed by atoms with van der Waals surface area (Å²) in [6.45, 7) is 1.98. The number of anilines is 4. The Labute approximate surface area is 315 Å². The second-order valence-electron chi connectivity index (χ2n) is 13.6. The minimum absolute atomic E-state index is 0.141. The number of nitrogens with zero attached hydrogens (tertiary/aromatic N) is 2. The first-order chi connectivity index (χ1) is 26.5. The summed E-state index contributed by atoms with van der Waals surface area (Å²) in [5, 5.41) is 2.76. The van der Waals surface area contributed by atoms with Crippen LogP contribution in [0.25, 0.3) is 0 Å². The second kappa shape index (κ2) is 13.8. The topological polar surface area (TPSA) is 147 Å². The van der Waals surface area contributed by atoms with E-state index < -0.39 is 29.5 Å². The van der Waals surface area contributed by atoms with Gasteiger partial charge in [0.25, 0.3) is 29.5 Å². The van der Waals surface area contributed by atoms with Gasteiger partial charge in [-0.1, -0.05) is 60.2 Å². The number of nitrogens with two attached hydrogens (primary N) is 1. The van der Waals surface area contributed by atoms with Gasteiger partial charge in [0.15, 0.2) is 5.78 Å². The highest BCUT2D eigenvalue weighted by Gasteiger charge is 2.38. The molecule has 55 heavy (non-hydrogen) atoms. The molecule has 0 unspecified atom stereocenters. The Kier molecular flexibility index (Phi) is 8.70. The summed E-state index contributed by atoms with van der Waals surface area (Å²) in [5.41, 5.74) is 12.8. The number of rotatable bonds is 9. The number of carbonyl (C=O) groups is 6. The van der Waals surface area contributed by atoms with Crippen molar-refractivity contribution in [3.8, 4) is 0 Å². The molecule has 2 aliphatic rings. The van der Waals surface area contributed by atoms with Crippen LogP contribution in [0.15, 0.2) is 133 Å². The number of benzene rings is 6. The van der Waals surface area contributed by atoms with Crippen LogP contribution >= 0.6 is 0 Å². The normalized spacial score (nSPS) is 13.3. The van der Waals surface area contributed by atoms with Crippen LogP contribution in [-0.2, 0) is 12.8 Å². The Morgan fingerprint density at radius 3 is 1.51 bits per heavy atom. The van der Waals surface area contributed by atoms with Gasteiger partial charge < -0.3 is 11.1 Å². The number of nitrogens with one attached hydrogen (secondary N) is 1. The van der Waals surface area contributed by atoms with Crippen molar-refractivity contribution in [3.05, 3.63) is 189 Å². The molecule has 0 aliphatic carbocycles. The molecule has 0 bridgehead atoms. The van der Waals surface area contributed by atoms with E-state index in [2.05, 4.69) is 5.32 Å². The van der Waals surface area contributed by atoms with Crippen LogP contribution < -0.4 is 20.9 Å². The van der Waals surface area contributed by atoms with E-state index in [9.17, 15) is 28.8 Å². The Morgan fingerprint density at radius 2 is 0.982 bits per heavy atom. The summed E-state index contributed by atoms with van der Waals surface area (Å²) in [5.74, 6) is -2.51. The Hall–Kier alpha value is -7.46. The fourth-order valence-electron chi connectivity index (χ4n) is 6.79. The fourth-order valence-corrected chi connectivity index (χ4v) is 6.79. The zero-order chi connectivity index (χ0) is 38.4. The smallest absolute Gasteiger partial charge is 0.266 e. The summed E-state index contributed by atoms with van der Waals surface area (Å²) in [4.78, 5) is 81.6. The van der Waals surface area contributed by atoms with Gasteiger partial charge in [-0.2, -0.15) is 0 Å². The third kappa shape index (κ3) is 6.57. The summed E-state index contributed by atoms with van der Waals surface area (Å²) in [6.07, 6.45) is 0.691. The molecular formula is C45H32N4O6. The van der Waals surface area contributed by atoms with Crippen LogP contribution in [0.3, 0.4) is 0 Å². The van der Waals surface area contributed by atoms with Gasteiger partial charge in [0, 0.05) is 28.9 Å². The highest BCUT2D eigenvalue weighted by molar-refractivity contribution is 6.35. The first kappa shape index (κ1) is 34.6. The van der Waals surface area contributed by atoms with Crippen LogP contribution in [0.1, 0.15) is 84.4 Å². The van der Waals surface area contributed by atoms with E-state index in [1.807, 2.05) is 55.5 Å². The molecule has 8 rings (SSSR count). The molecule has 0 atom stereocenters. The first-order valence-electron chi connectivity index (χ1n) is 17.5. The van der Waals surface area contributed by atoms with Crippen molar-refractivity contribution in [3.63, 3.8) is 0 Å². The van der Waals surface area contributed by atoms with E-state index in [1.165, 1.54) is 30.3 Å². The number of hydrogen-bond donors (Lipinski definition) is 2. The number of fused-ring (bicyclic) bond motifs is 2. The van der Waals surface area contributed by atoms with E-state index in [-0.39, 0.29) is 40.0 Å². The van der Waals surface area contributed by atoms with Crippen molar-refractivity contribution in [1.29, 1.82) is 0 Å². The van der Waals surface area contributed by atoms with Crippen molar-refractivity contribution in [2.24, 2.45) is 0 Å². The maximum atomic E-state index is 13.5. The minimum Gasteiger partial charge on any atom is -0.399 e. The molecule has 2 aliphatic heterocycles. The highest BCUT2D eigenvalue weighted by Crippen LogP contribution is 2.32. The Bertz CT molecular complexity index is 2400. The van der Waals surface area contributed by atoms with Gasteiger partial charge >= 0.3 is 0 Å². The van der Waals surface area contributed by atoms with E-state index >= 15 is 0 Å². The van der Waals surface area contributed by atoms with E-state index in [1.54, 1.807) is 54.6 Å². The van der Waals surface area contributed by atoms with Gasteiger partial charge in [0.2, 0.25) is 0 Å². The Morgan fingerprint density at radius 1 is 0.527 bits per heavy atom. The number of carbonyl (C=O) groups excluding carboxylic acids is 6. The molecule has 10 nitrogen and oxygen atoms in total. The SMILES string of the molecule is Cc1ccc(CC(=O)c2ccc3c(c2)C(=O)N(c2ccc(Cc4ccc(N5C(=O)c6ccc(C(=O)Nc7ccc(N)cc7)cc6C5=O)cc4)cc2)C3=O)cc1. The second-order valence-corrected chi connectivity index (χ2v) is 13.6. The number of amides is 5. The molecule has 3 N–H and O–H groups in total. The van der Waals surface area contributed by atoms with Crippen molar-refractivity contribution < 1.29 is 28.8 Å². The van der Waals surface area contributed by atoms with Gasteiger partial charge in [0.05, 0.1) is 33.6 Å². The molecule has 6 aromatic carbocycles. The largest absolute Gasteiger partial charge is 0.399 e. The molecule has 0 saturated carbocycles.